The zero-order valence-corrected chi connectivity index (χ0v) is 28.2. The highest BCUT2D eigenvalue weighted by Gasteiger charge is 2.28. The summed E-state index contributed by atoms with van der Waals surface area (Å²) in [6.07, 6.45) is 0.349. The topological polar surface area (TPSA) is 119 Å². The van der Waals surface area contributed by atoms with Crippen LogP contribution < -0.4 is 16.1 Å². The molecule has 0 aliphatic rings. The van der Waals surface area contributed by atoms with Crippen molar-refractivity contribution in [3.05, 3.63) is 95.1 Å². The molecule has 0 aliphatic carbocycles. The number of benzene rings is 3. The standard InChI is InChI=1S/C35H45BN2O6S/c1-24-8-16-29(17-9-24)36-20-28(22-45(42,43)30-18-10-25(2)11-19-30)32(40)26-12-14-27(15-13-26)33(41)37-21-31(39)38-35(6,7)23-44-34(3,4)5/h8-19,28,36H,20-23H2,1-7H3,(H,37,41)(H,38,39). The molecule has 0 radical (unpaired) electrons. The van der Waals surface area contributed by atoms with E-state index in [0.717, 1.165) is 16.6 Å². The van der Waals surface area contributed by atoms with Gasteiger partial charge in [-0.2, -0.15) is 0 Å². The molecule has 0 bridgehead atoms. The quantitative estimate of drug-likeness (QED) is 0.203. The maximum absolute atomic E-state index is 13.7. The minimum absolute atomic E-state index is 0.183. The fourth-order valence-electron chi connectivity index (χ4n) is 4.63. The zero-order valence-electron chi connectivity index (χ0n) is 27.4. The van der Waals surface area contributed by atoms with Crippen LogP contribution in [0.4, 0.5) is 0 Å². The normalized spacial score (nSPS) is 12.7. The van der Waals surface area contributed by atoms with Gasteiger partial charge in [0.2, 0.25) is 5.91 Å². The van der Waals surface area contributed by atoms with Gasteiger partial charge in [0.05, 0.1) is 34.9 Å². The first-order valence-corrected chi connectivity index (χ1v) is 16.8. The van der Waals surface area contributed by atoms with Crippen LogP contribution in [0, 0.1) is 19.8 Å². The van der Waals surface area contributed by atoms with Gasteiger partial charge >= 0.3 is 0 Å². The molecule has 2 amide bonds. The van der Waals surface area contributed by atoms with E-state index in [2.05, 4.69) is 10.6 Å². The van der Waals surface area contributed by atoms with Crippen molar-refractivity contribution in [2.24, 2.45) is 5.92 Å². The summed E-state index contributed by atoms with van der Waals surface area (Å²) in [5, 5.41) is 5.46. The van der Waals surface area contributed by atoms with Crippen molar-refractivity contribution in [3.8, 4) is 0 Å². The lowest BCUT2D eigenvalue weighted by Crippen LogP contribution is -2.51. The average molecular weight is 633 g/mol. The maximum Gasteiger partial charge on any atom is 0.251 e. The molecule has 3 rings (SSSR count). The summed E-state index contributed by atoms with van der Waals surface area (Å²) in [6.45, 7) is 13.4. The molecule has 1 atom stereocenters. The summed E-state index contributed by atoms with van der Waals surface area (Å²) in [7, 11) is -3.19. The van der Waals surface area contributed by atoms with Crippen molar-refractivity contribution in [1.82, 2.24) is 10.6 Å². The third-order valence-corrected chi connectivity index (χ3v) is 9.09. The first kappa shape index (κ1) is 35.7. The zero-order chi connectivity index (χ0) is 33.4. The molecule has 0 aromatic heterocycles. The van der Waals surface area contributed by atoms with Crippen LogP contribution in [0.1, 0.15) is 66.5 Å². The van der Waals surface area contributed by atoms with Crippen LogP contribution >= 0.6 is 0 Å². The molecule has 0 saturated carbocycles. The summed E-state index contributed by atoms with van der Waals surface area (Å²) in [4.78, 5) is 39.1. The number of sulfone groups is 1. The molecule has 2 N–H and O–H groups in total. The predicted octanol–water partition coefficient (Wildman–Crippen LogP) is 4.20. The van der Waals surface area contributed by atoms with Gasteiger partial charge in [0, 0.05) is 17.0 Å². The number of nitrogens with one attached hydrogen (secondary N) is 2. The molecule has 0 spiro atoms. The molecule has 0 fully saturated rings. The van der Waals surface area contributed by atoms with Crippen molar-refractivity contribution >= 4 is 40.2 Å². The van der Waals surface area contributed by atoms with Crippen molar-refractivity contribution < 1.29 is 27.5 Å². The number of carbonyl (C=O) groups is 3. The fraction of sp³-hybridized carbons (Fsp3) is 0.400. The molecule has 0 saturated heterocycles. The predicted molar refractivity (Wildman–Crippen MR) is 181 cm³/mol. The number of aryl methyl sites for hydroxylation is 2. The van der Waals surface area contributed by atoms with E-state index in [9.17, 15) is 22.8 Å². The Hall–Kier alpha value is -3.76. The molecule has 0 heterocycles. The third kappa shape index (κ3) is 11.6. The fourth-order valence-corrected chi connectivity index (χ4v) is 6.22. The number of carbonyl (C=O) groups excluding carboxylic acids is 3. The summed E-state index contributed by atoms with van der Waals surface area (Å²) in [6, 6.07) is 20.7. The smallest absolute Gasteiger partial charge is 0.251 e. The first-order valence-electron chi connectivity index (χ1n) is 15.2. The van der Waals surface area contributed by atoms with Crippen LogP contribution in [0.5, 0.6) is 0 Å². The van der Waals surface area contributed by atoms with Crippen molar-refractivity contribution in [2.45, 2.75) is 70.8 Å². The van der Waals surface area contributed by atoms with Gasteiger partial charge in [0.15, 0.2) is 22.9 Å². The number of ether oxygens (including phenoxy) is 1. The van der Waals surface area contributed by atoms with Crippen LogP contribution in [0.25, 0.3) is 0 Å². The van der Waals surface area contributed by atoms with Crippen LogP contribution in [-0.4, -0.2) is 63.3 Å². The van der Waals surface area contributed by atoms with Crippen LogP contribution in [0.15, 0.2) is 77.7 Å². The number of hydrogen-bond acceptors (Lipinski definition) is 6. The molecular weight excluding hydrogens is 587 g/mol. The van der Waals surface area contributed by atoms with Gasteiger partial charge in [0.1, 0.15) is 0 Å². The molecule has 0 aliphatic heterocycles. The Kier molecular flexibility index (Phi) is 11.9. The SMILES string of the molecule is Cc1ccc(BCC(CS(=O)(=O)c2ccc(C)cc2)C(=O)c2ccc(C(=O)NCC(=O)NC(C)(C)COC(C)(C)C)cc2)cc1. The molecule has 45 heavy (non-hydrogen) atoms. The highest BCUT2D eigenvalue weighted by atomic mass is 32.2. The lowest BCUT2D eigenvalue weighted by Gasteiger charge is -2.30. The lowest BCUT2D eigenvalue weighted by atomic mass is 9.63. The monoisotopic (exact) mass is 632 g/mol. The van der Waals surface area contributed by atoms with Crippen molar-refractivity contribution in [1.29, 1.82) is 0 Å². The molecule has 240 valence electrons. The lowest BCUT2D eigenvalue weighted by molar-refractivity contribution is -0.123. The Labute approximate surface area is 268 Å². The Balaban J connectivity index is 1.68. The van der Waals surface area contributed by atoms with Crippen molar-refractivity contribution in [3.63, 3.8) is 0 Å². The van der Waals surface area contributed by atoms with E-state index >= 15 is 0 Å². The maximum atomic E-state index is 13.7. The number of ketones is 1. The molecule has 3 aromatic carbocycles. The second-order valence-corrected chi connectivity index (χ2v) is 15.3. The van der Waals surface area contributed by atoms with E-state index in [-0.39, 0.29) is 40.0 Å². The summed E-state index contributed by atoms with van der Waals surface area (Å²) in [5.41, 5.74) is 2.71. The van der Waals surface area contributed by atoms with Crippen molar-refractivity contribution in [2.75, 3.05) is 18.9 Å². The van der Waals surface area contributed by atoms with Crippen LogP contribution in [0.2, 0.25) is 6.32 Å². The Bertz CT molecular complexity index is 1580. The van der Waals surface area contributed by atoms with Gasteiger partial charge < -0.3 is 15.4 Å². The largest absolute Gasteiger partial charge is 0.373 e. The van der Waals surface area contributed by atoms with E-state index < -0.39 is 27.2 Å². The van der Waals surface area contributed by atoms with Gasteiger partial charge in [-0.25, -0.2) is 8.42 Å². The van der Waals surface area contributed by atoms with Crippen LogP contribution in [0.3, 0.4) is 0 Å². The highest BCUT2D eigenvalue weighted by molar-refractivity contribution is 7.91. The van der Waals surface area contributed by atoms with E-state index in [1.54, 1.807) is 24.3 Å². The van der Waals surface area contributed by atoms with Gasteiger partial charge in [-0.1, -0.05) is 71.4 Å². The second kappa shape index (κ2) is 15.0. The molecule has 1 unspecified atom stereocenters. The van der Waals surface area contributed by atoms with Gasteiger partial charge in [-0.05, 0) is 72.7 Å². The minimum Gasteiger partial charge on any atom is -0.373 e. The summed E-state index contributed by atoms with van der Waals surface area (Å²) in [5.74, 6) is -2.24. The minimum atomic E-state index is -3.73. The third-order valence-electron chi connectivity index (χ3n) is 7.26. The average Bonchev–Trinajstić information content (AvgIpc) is 2.97. The van der Waals surface area contributed by atoms with Gasteiger partial charge in [-0.15, -0.1) is 0 Å². The second-order valence-electron chi connectivity index (χ2n) is 13.3. The Morgan fingerprint density at radius 3 is 1.89 bits per heavy atom. The molecular formula is C35H45BN2O6S. The van der Waals surface area contributed by atoms with E-state index in [0.29, 0.717) is 25.8 Å². The Morgan fingerprint density at radius 2 is 1.33 bits per heavy atom. The number of rotatable bonds is 14. The highest BCUT2D eigenvalue weighted by Crippen LogP contribution is 2.21. The van der Waals surface area contributed by atoms with Crippen LogP contribution in [-0.2, 0) is 19.4 Å². The summed E-state index contributed by atoms with van der Waals surface area (Å²) >= 11 is 0. The summed E-state index contributed by atoms with van der Waals surface area (Å²) < 4.78 is 32.4. The number of hydrogen-bond donors (Lipinski definition) is 2. The number of amides is 2. The van der Waals surface area contributed by atoms with Gasteiger partial charge in [0.25, 0.3) is 5.91 Å². The number of Topliss-reactive ketones (excluding diaryl/α,β-unsaturated/α-hetero) is 1. The van der Waals surface area contributed by atoms with Gasteiger partial charge in [-0.3, -0.25) is 14.4 Å². The van der Waals surface area contributed by atoms with E-state index in [1.165, 1.54) is 24.3 Å². The van der Waals surface area contributed by atoms with E-state index in [1.807, 2.05) is 72.7 Å². The first-order chi connectivity index (χ1) is 20.9. The molecule has 3 aromatic rings. The van der Waals surface area contributed by atoms with E-state index in [4.69, 9.17) is 4.74 Å². The molecule has 10 heteroatoms. The molecule has 8 nitrogen and oxygen atoms in total. The Morgan fingerprint density at radius 1 is 0.800 bits per heavy atom.